The van der Waals surface area contributed by atoms with E-state index in [0.717, 1.165) is 22.7 Å². The van der Waals surface area contributed by atoms with Gasteiger partial charge in [0.1, 0.15) is 5.75 Å². The Hall–Kier alpha value is -3.35. The molecule has 1 aromatic heterocycles. The maximum Gasteiger partial charge on any atom is 0.322 e. The van der Waals surface area contributed by atoms with Crippen molar-refractivity contribution in [2.45, 2.75) is 12.6 Å². The molecule has 2 aliphatic heterocycles. The van der Waals surface area contributed by atoms with Gasteiger partial charge in [-0.15, -0.1) is 0 Å². The van der Waals surface area contributed by atoms with Gasteiger partial charge in [-0.05, 0) is 29.8 Å². The predicted octanol–water partition coefficient (Wildman–Crippen LogP) is 2.08. The highest BCUT2D eigenvalue weighted by molar-refractivity contribution is 6.01. The molecule has 0 saturated heterocycles. The molecule has 0 radical (unpaired) electrons. The van der Waals surface area contributed by atoms with E-state index >= 15 is 0 Å². The summed E-state index contributed by atoms with van der Waals surface area (Å²) < 4.78 is 5.20. The average Bonchev–Trinajstić information content (AvgIpc) is 3.02. The number of ether oxygens (including phenoxy) is 1. The van der Waals surface area contributed by atoms with Gasteiger partial charge in [-0.1, -0.05) is 18.2 Å². The summed E-state index contributed by atoms with van der Waals surface area (Å²) in [6, 6.07) is 12.3. The molecule has 0 bridgehead atoms. The van der Waals surface area contributed by atoms with E-state index in [2.05, 4.69) is 10.3 Å². The van der Waals surface area contributed by atoms with Gasteiger partial charge in [0.05, 0.1) is 43.2 Å². The van der Waals surface area contributed by atoms with Crippen molar-refractivity contribution in [3.63, 3.8) is 0 Å². The molecular formula is C20H20N4O3. The van der Waals surface area contributed by atoms with E-state index in [1.54, 1.807) is 25.3 Å². The Morgan fingerprint density at radius 3 is 2.63 bits per heavy atom. The fraction of sp³-hybridized carbons (Fsp3) is 0.250. The molecular weight excluding hydrogens is 344 g/mol. The van der Waals surface area contributed by atoms with E-state index in [9.17, 15) is 9.59 Å². The Morgan fingerprint density at radius 2 is 1.96 bits per heavy atom. The second-order valence-electron chi connectivity index (χ2n) is 6.56. The average molecular weight is 364 g/mol. The van der Waals surface area contributed by atoms with Crippen LogP contribution in [0, 0.1) is 0 Å². The lowest BCUT2D eigenvalue weighted by Crippen LogP contribution is -2.45. The number of benzene rings is 1. The maximum atomic E-state index is 13.1. The van der Waals surface area contributed by atoms with Gasteiger partial charge < -0.3 is 15.0 Å². The summed E-state index contributed by atoms with van der Waals surface area (Å²) in [7, 11) is 3.29. The molecule has 4 rings (SSSR count). The largest absolute Gasteiger partial charge is 0.497 e. The summed E-state index contributed by atoms with van der Waals surface area (Å²) in [6.07, 6.45) is 1.71. The predicted molar refractivity (Wildman–Crippen MR) is 98.7 cm³/mol. The number of pyridine rings is 1. The quantitative estimate of drug-likeness (QED) is 0.901. The van der Waals surface area contributed by atoms with Gasteiger partial charge in [0.25, 0.3) is 5.91 Å². The van der Waals surface area contributed by atoms with Crippen LogP contribution in [0.15, 0.2) is 59.9 Å². The lowest BCUT2D eigenvalue weighted by Gasteiger charge is -2.31. The third-order valence-corrected chi connectivity index (χ3v) is 4.96. The zero-order chi connectivity index (χ0) is 19.0. The molecule has 3 amide bonds. The van der Waals surface area contributed by atoms with Crippen LogP contribution in [-0.2, 0) is 11.3 Å². The van der Waals surface area contributed by atoms with Gasteiger partial charge in [-0.3, -0.25) is 14.7 Å². The van der Waals surface area contributed by atoms with Crippen LogP contribution in [0.4, 0.5) is 4.79 Å². The van der Waals surface area contributed by atoms with Crippen LogP contribution in [0.5, 0.6) is 5.75 Å². The smallest absolute Gasteiger partial charge is 0.322 e. The molecule has 0 fully saturated rings. The number of methoxy groups -OCH3 is 1. The zero-order valence-electron chi connectivity index (χ0n) is 15.2. The second-order valence-corrected chi connectivity index (χ2v) is 6.56. The van der Waals surface area contributed by atoms with E-state index in [1.165, 1.54) is 4.90 Å². The molecule has 0 unspecified atom stereocenters. The van der Waals surface area contributed by atoms with Crippen LogP contribution >= 0.6 is 0 Å². The third kappa shape index (κ3) is 3.01. The fourth-order valence-electron chi connectivity index (χ4n) is 3.48. The van der Waals surface area contributed by atoms with Gasteiger partial charge in [0.15, 0.2) is 0 Å². The van der Waals surface area contributed by atoms with Crippen molar-refractivity contribution in [2.24, 2.45) is 0 Å². The van der Waals surface area contributed by atoms with Crippen molar-refractivity contribution in [1.82, 2.24) is 20.1 Å². The van der Waals surface area contributed by atoms with Crippen molar-refractivity contribution in [3.8, 4) is 5.75 Å². The number of urea groups is 1. The van der Waals surface area contributed by atoms with Gasteiger partial charge in [0, 0.05) is 13.2 Å². The lowest BCUT2D eigenvalue weighted by molar-refractivity contribution is -0.126. The minimum Gasteiger partial charge on any atom is -0.497 e. The molecule has 2 aromatic rings. The Labute approximate surface area is 157 Å². The SMILES string of the molecule is COc1ccc([C@H]2NC(=O)N(C)C3=C2C(=O)N(Cc2ccccn2)C3)cc1. The van der Waals surface area contributed by atoms with Crippen LogP contribution in [-0.4, -0.2) is 47.4 Å². The van der Waals surface area contributed by atoms with E-state index < -0.39 is 6.04 Å². The molecule has 0 spiro atoms. The molecule has 1 aromatic carbocycles. The Morgan fingerprint density at radius 1 is 1.19 bits per heavy atom. The van der Waals surface area contributed by atoms with E-state index in [0.29, 0.717) is 18.7 Å². The minimum absolute atomic E-state index is 0.0803. The Kier molecular flexibility index (Phi) is 4.27. The van der Waals surface area contributed by atoms with Gasteiger partial charge in [-0.25, -0.2) is 4.79 Å². The maximum absolute atomic E-state index is 13.1. The van der Waals surface area contributed by atoms with Crippen molar-refractivity contribution >= 4 is 11.9 Å². The van der Waals surface area contributed by atoms with Crippen molar-refractivity contribution in [3.05, 3.63) is 71.2 Å². The summed E-state index contributed by atoms with van der Waals surface area (Å²) in [5.41, 5.74) is 3.00. The van der Waals surface area contributed by atoms with Crippen LogP contribution in [0.3, 0.4) is 0 Å². The highest BCUT2D eigenvalue weighted by Crippen LogP contribution is 2.36. The van der Waals surface area contributed by atoms with Gasteiger partial charge in [-0.2, -0.15) is 0 Å². The first-order valence-electron chi connectivity index (χ1n) is 8.69. The highest BCUT2D eigenvalue weighted by atomic mass is 16.5. The third-order valence-electron chi connectivity index (χ3n) is 4.96. The normalized spacial score (nSPS) is 19.3. The van der Waals surface area contributed by atoms with Gasteiger partial charge in [0.2, 0.25) is 0 Å². The fourth-order valence-corrected chi connectivity index (χ4v) is 3.48. The monoisotopic (exact) mass is 364 g/mol. The van der Waals surface area contributed by atoms with Gasteiger partial charge >= 0.3 is 6.03 Å². The number of carbonyl (C=O) groups excluding carboxylic acids is 2. The number of rotatable bonds is 4. The minimum atomic E-state index is -0.476. The van der Waals surface area contributed by atoms with Crippen LogP contribution in [0.1, 0.15) is 17.3 Å². The first kappa shape index (κ1) is 17.1. The molecule has 0 aliphatic carbocycles. The summed E-state index contributed by atoms with van der Waals surface area (Å²) in [5.74, 6) is 0.644. The van der Waals surface area contributed by atoms with E-state index in [4.69, 9.17) is 4.74 Å². The molecule has 7 nitrogen and oxygen atoms in total. The first-order valence-corrected chi connectivity index (χ1v) is 8.69. The number of nitrogens with one attached hydrogen (secondary N) is 1. The summed E-state index contributed by atoms with van der Waals surface area (Å²) >= 11 is 0. The number of hydrogen-bond acceptors (Lipinski definition) is 4. The summed E-state index contributed by atoms with van der Waals surface area (Å²) in [6.45, 7) is 0.797. The number of amides is 3. The number of aromatic nitrogens is 1. The van der Waals surface area contributed by atoms with Crippen molar-refractivity contribution in [2.75, 3.05) is 20.7 Å². The molecule has 27 heavy (non-hydrogen) atoms. The summed E-state index contributed by atoms with van der Waals surface area (Å²) in [5, 5.41) is 2.93. The summed E-state index contributed by atoms with van der Waals surface area (Å²) in [4.78, 5) is 33.1. The molecule has 1 atom stereocenters. The lowest BCUT2D eigenvalue weighted by atomic mass is 9.95. The Balaban J connectivity index is 1.66. The van der Waals surface area contributed by atoms with Crippen molar-refractivity contribution < 1.29 is 14.3 Å². The molecule has 7 heteroatoms. The van der Waals surface area contributed by atoms with E-state index in [1.807, 2.05) is 42.5 Å². The van der Waals surface area contributed by atoms with Crippen molar-refractivity contribution in [1.29, 1.82) is 0 Å². The molecule has 1 N–H and O–H groups in total. The standard InChI is InChI=1S/C20H20N4O3/c1-23-16-12-24(11-14-5-3-4-10-21-14)19(25)17(16)18(22-20(23)26)13-6-8-15(27-2)9-7-13/h3-10,18H,11-12H2,1-2H3,(H,22,26)/t18-/m1/s1. The zero-order valence-corrected chi connectivity index (χ0v) is 15.2. The first-order chi connectivity index (χ1) is 13.1. The Bertz CT molecular complexity index is 909. The molecule has 0 saturated carbocycles. The number of carbonyl (C=O) groups is 2. The number of likely N-dealkylation sites (N-methyl/N-ethyl adjacent to an activating group) is 1. The highest BCUT2D eigenvalue weighted by Gasteiger charge is 2.42. The molecule has 138 valence electrons. The van der Waals surface area contributed by atoms with Crippen LogP contribution in [0.2, 0.25) is 0 Å². The van der Waals surface area contributed by atoms with Crippen LogP contribution < -0.4 is 10.1 Å². The topological polar surface area (TPSA) is 74.8 Å². The number of hydrogen-bond donors (Lipinski definition) is 1. The second kappa shape index (κ2) is 6.75. The van der Waals surface area contributed by atoms with E-state index in [-0.39, 0.29) is 11.9 Å². The van der Waals surface area contributed by atoms with Crippen LogP contribution in [0.25, 0.3) is 0 Å². The molecule has 2 aliphatic rings. The molecule has 3 heterocycles. The number of nitrogens with zero attached hydrogens (tertiary/aromatic N) is 3.